The van der Waals surface area contributed by atoms with Crippen LogP contribution < -0.4 is 10.6 Å². The first-order valence-electron chi connectivity index (χ1n) is 6.37. The molecule has 110 valence electrons. The molecule has 2 rings (SSSR count). The Balaban J connectivity index is 0.00000200. The molecule has 1 unspecified atom stereocenters. The second-order valence-corrected chi connectivity index (χ2v) is 5.77. The molecule has 1 aliphatic heterocycles. The molecule has 1 aromatic rings. The van der Waals surface area contributed by atoms with E-state index in [4.69, 9.17) is 0 Å². The Morgan fingerprint density at radius 1 is 1.45 bits per heavy atom. The van der Waals surface area contributed by atoms with E-state index in [0.717, 1.165) is 18.1 Å². The number of halogens is 1. The van der Waals surface area contributed by atoms with Crippen LogP contribution in [0, 0.1) is 0 Å². The van der Waals surface area contributed by atoms with Gasteiger partial charge in [-0.05, 0) is 19.1 Å². The van der Waals surface area contributed by atoms with Crippen LogP contribution in [0.25, 0.3) is 0 Å². The third-order valence-electron chi connectivity index (χ3n) is 2.98. The number of anilines is 1. The maximum Gasteiger partial charge on any atom is 0.225 e. The molecule has 1 atom stereocenters. The first-order valence-corrected chi connectivity index (χ1v) is 7.52. The van der Waals surface area contributed by atoms with Crippen molar-refractivity contribution in [3.05, 3.63) is 29.8 Å². The predicted molar refractivity (Wildman–Crippen MR) is 86.1 cm³/mol. The summed E-state index contributed by atoms with van der Waals surface area (Å²) in [5.41, 5.74) is 1.30. The van der Waals surface area contributed by atoms with Gasteiger partial charge in [0.25, 0.3) is 0 Å². The Kier molecular flexibility index (Phi) is 7.05. The fourth-order valence-corrected chi connectivity index (χ4v) is 2.95. The summed E-state index contributed by atoms with van der Waals surface area (Å²) in [4.78, 5) is 23.2. The third kappa shape index (κ3) is 5.15. The summed E-state index contributed by atoms with van der Waals surface area (Å²) in [6, 6.07) is 7.28. The predicted octanol–water partition coefficient (Wildman–Crippen LogP) is 2.34. The van der Waals surface area contributed by atoms with Gasteiger partial charge < -0.3 is 10.6 Å². The van der Waals surface area contributed by atoms with Crippen molar-refractivity contribution < 1.29 is 9.59 Å². The molecule has 1 saturated heterocycles. The minimum atomic E-state index is -0.0132. The van der Waals surface area contributed by atoms with Crippen molar-refractivity contribution in [2.45, 2.75) is 19.4 Å². The standard InChI is InChI=1S/C14H18N2O2S.ClH/c1-10(17)11-3-2-4-12(7-11)16-14(18)8-13-9-19-6-5-15-13;/h2-4,7,13,15H,5-6,8-9H2,1H3,(H,16,18);1H. The number of hydrogen-bond donors (Lipinski definition) is 2. The summed E-state index contributed by atoms with van der Waals surface area (Å²) in [6.45, 7) is 2.48. The number of nitrogens with one attached hydrogen (secondary N) is 2. The SMILES string of the molecule is CC(=O)c1cccc(NC(=O)CC2CSCCN2)c1.Cl. The quantitative estimate of drug-likeness (QED) is 0.838. The van der Waals surface area contributed by atoms with Crippen LogP contribution in [0.1, 0.15) is 23.7 Å². The minimum Gasteiger partial charge on any atom is -0.326 e. The Labute approximate surface area is 129 Å². The van der Waals surface area contributed by atoms with Gasteiger partial charge in [-0.3, -0.25) is 9.59 Å². The average molecular weight is 315 g/mol. The highest BCUT2D eigenvalue weighted by Crippen LogP contribution is 2.14. The van der Waals surface area contributed by atoms with E-state index in [-0.39, 0.29) is 30.1 Å². The van der Waals surface area contributed by atoms with E-state index in [9.17, 15) is 9.59 Å². The number of amides is 1. The molecule has 1 aliphatic rings. The molecular formula is C14H19ClN2O2S. The van der Waals surface area contributed by atoms with Crippen LogP contribution >= 0.6 is 24.2 Å². The first kappa shape index (κ1) is 17.0. The van der Waals surface area contributed by atoms with Crippen LogP contribution in [0.2, 0.25) is 0 Å². The van der Waals surface area contributed by atoms with Crippen molar-refractivity contribution in [2.75, 3.05) is 23.4 Å². The van der Waals surface area contributed by atoms with E-state index in [0.29, 0.717) is 17.7 Å². The molecule has 2 N–H and O–H groups in total. The lowest BCUT2D eigenvalue weighted by Gasteiger charge is -2.22. The van der Waals surface area contributed by atoms with Crippen LogP contribution in [-0.4, -0.2) is 35.8 Å². The Bertz CT molecular complexity index is 476. The van der Waals surface area contributed by atoms with Crippen molar-refractivity contribution >= 4 is 41.5 Å². The van der Waals surface area contributed by atoms with Gasteiger partial charge in [-0.25, -0.2) is 0 Å². The van der Waals surface area contributed by atoms with Gasteiger partial charge in [0.05, 0.1) is 0 Å². The van der Waals surface area contributed by atoms with Crippen LogP contribution in [-0.2, 0) is 4.79 Å². The summed E-state index contributed by atoms with van der Waals surface area (Å²) < 4.78 is 0. The zero-order valence-electron chi connectivity index (χ0n) is 11.3. The van der Waals surface area contributed by atoms with Gasteiger partial charge in [0, 0.05) is 41.8 Å². The summed E-state index contributed by atoms with van der Waals surface area (Å²) >= 11 is 1.87. The third-order valence-corrected chi connectivity index (χ3v) is 4.11. The van der Waals surface area contributed by atoms with Gasteiger partial charge in [-0.15, -0.1) is 12.4 Å². The summed E-state index contributed by atoms with van der Waals surface area (Å²) in [5, 5.41) is 6.17. The Morgan fingerprint density at radius 3 is 2.90 bits per heavy atom. The summed E-state index contributed by atoms with van der Waals surface area (Å²) in [7, 11) is 0. The van der Waals surface area contributed by atoms with E-state index >= 15 is 0 Å². The molecule has 1 amide bonds. The Hall–Kier alpha value is -1.04. The van der Waals surface area contributed by atoms with E-state index in [1.54, 1.807) is 24.3 Å². The number of carbonyl (C=O) groups excluding carboxylic acids is 2. The molecule has 0 spiro atoms. The number of benzene rings is 1. The lowest BCUT2D eigenvalue weighted by Crippen LogP contribution is -2.39. The van der Waals surface area contributed by atoms with Crippen molar-refractivity contribution in [1.29, 1.82) is 0 Å². The molecule has 1 heterocycles. The van der Waals surface area contributed by atoms with Crippen molar-refractivity contribution in [3.8, 4) is 0 Å². The van der Waals surface area contributed by atoms with Crippen molar-refractivity contribution in [1.82, 2.24) is 5.32 Å². The Morgan fingerprint density at radius 2 is 2.25 bits per heavy atom. The molecule has 0 saturated carbocycles. The van der Waals surface area contributed by atoms with Crippen LogP contribution in [0.5, 0.6) is 0 Å². The number of carbonyl (C=O) groups is 2. The molecule has 1 fully saturated rings. The number of Topliss-reactive ketones (excluding diaryl/α,β-unsaturated/α-hetero) is 1. The molecule has 4 nitrogen and oxygen atoms in total. The molecule has 6 heteroatoms. The molecule has 0 bridgehead atoms. The number of hydrogen-bond acceptors (Lipinski definition) is 4. The van der Waals surface area contributed by atoms with E-state index in [1.807, 2.05) is 11.8 Å². The summed E-state index contributed by atoms with van der Waals surface area (Å²) in [6.07, 6.45) is 0.470. The van der Waals surface area contributed by atoms with Gasteiger partial charge in [0.1, 0.15) is 0 Å². The smallest absolute Gasteiger partial charge is 0.225 e. The number of rotatable bonds is 4. The lowest BCUT2D eigenvalue weighted by atomic mass is 10.1. The van der Waals surface area contributed by atoms with Crippen molar-refractivity contribution in [2.24, 2.45) is 0 Å². The second kappa shape index (κ2) is 8.29. The molecule has 0 radical (unpaired) electrons. The fourth-order valence-electron chi connectivity index (χ4n) is 2.00. The summed E-state index contributed by atoms with van der Waals surface area (Å²) in [5.74, 6) is 2.07. The molecule has 0 aromatic heterocycles. The number of ketones is 1. The average Bonchev–Trinajstić information content (AvgIpc) is 2.40. The second-order valence-electron chi connectivity index (χ2n) is 4.62. The number of thioether (sulfide) groups is 1. The van der Waals surface area contributed by atoms with E-state index in [1.165, 1.54) is 6.92 Å². The zero-order valence-corrected chi connectivity index (χ0v) is 13.0. The largest absolute Gasteiger partial charge is 0.326 e. The van der Waals surface area contributed by atoms with Gasteiger partial charge >= 0.3 is 0 Å². The monoisotopic (exact) mass is 314 g/mol. The van der Waals surface area contributed by atoms with Crippen LogP contribution in [0.3, 0.4) is 0 Å². The highest BCUT2D eigenvalue weighted by Gasteiger charge is 2.16. The topological polar surface area (TPSA) is 58.2 Å². The van der Waals surface area contributed by atoms with Gasteiger partial charge in [-0.1, -0.05) is 12.1 Å². The van der Waals surface area contributed by atoms with Crippen molar-refractivity contribution in [3.63, 3.8) is 0 Å². The van der Waals surface area contributed by atoms with E-state index in [2.05, 4.69) is 10.6 Å². The minimum absolute atomic E-state index is 0. The highest BCUT2D eigenvalue weighted by atomic mass is 35.5. The maximum absolute atomic E-state index is 11.9. The maximum atomic E-state index is 11.9. The highest BCUT2D eigenvalue weighted by molar-refractivity contribution is 7.99. The molecule has 20 heavy (non-hydrogen) atoms. The van der Waals surface area contributed by atoms with Crippen LogP contribution in [0.15, 0.2) is 24.3 Å². The van der Waals surface area contributed by atoms with Gasteiger partial charge in [-0.2, -0.15) is 11.8 Å². The van der Waals surface area contributed by atoms with Gasteiger partial charge in [0.2, 0.25) is 5.91 Å². The van der Waals surface area contributed by atoms with E-state index < -0.39 is 0 Å². The molecule has 0 aliphatic carbocycles. The molecular weight excluding hydrogens is 296 g/mol. The lowest BCUT2D eigenvalue weighted by molar-refractivity contribution is -0.116. The van der Waals surface area contributed by atoms with Gasteiger partial charge in [0.15, 0.2) is 5.78 Å². The fraction of sp³-hybridized carbons (Fsp3) is 0.429. The first-order chi connectivity index (χ1) is 9.15. The normalized spacial score (nSPS) is 17.9. The molecule has 1 aromatic carbocycles. The van der Waals surface area contributed by atoms with Crippen LogP contribution in [0.4, 0.5) is 5.69 Å². The zero-order chi connectivity index (χ0) is 13.7.